The van der Waals surface area contributed by atoms with E-state index in [4.69, 9.17) is 16.3 Å². The third-order valence-electron chi connectivity index (χ3n) is 7.51. The molecular formula is C31H40ClN3O6. The zero-order chi connectivity index (χ0) is 29.8. The second-order valence-electron chi connectivity index (χ2n) is 10.8. The fraction of sp³-hybridized carbons (Fsp3) is 0.484. The monoisotopic (exact) mass is 585 g/mol. The van der Waals surface area contributed by atoms with Crippen LogP contribution in [0.15, 0.2) is 54.6 Å². The standard InChI is InChI=1S/C31H40ClN3O6/c1-21(29(37)33-22(2)25-13-7-4-8-14-25)18-27(30(38)39)35(28(36)17-16-23-10-5-3-6-11-23)34-31(40)41-20-24-12-9-15-26(32)19-24/h4,7-9,12-15,19,21-23,27H,3,5-6,10-11,16-18,20H2,1-2H3,(H,33,37)(H,34,40)(H,38,39)/t21?,22?,27-/m0/s1. The molecule has 1 saturated carbocycles. The number of halogens is 1. The summed E-state index contributed by atoms with van der Waals surface area (Å²) < 4.78 is 5.27. The van der Waals surface area contributed by atoms with Crippen molar-refractivity contribution in [2.45, 2.75) is 83.9 Å². The van der Waals surface area contributed by atoms with Gasteiger partial charge in [-0.15, -0.1) is 0 Å². The number of nitrogens with zero attached hydrogens (tertiary/aromatic N) is 1. The van der Waals surface area contributed by atoms with Gasteiger partial charge in [-0.1, -0.05) is 93.1 Å². The molecule has 3 rings (SSSR count). The molecule has 41 heavy (non-hydrogen) atoms. The Kier molecular flexibility index (Phi) is 12.5. The maximum Gasteiger partial charge on any atom is 0.426 e. The summed E-state index contributed by atoms with van der Waals surface area (Å²) in [7, 11) is 0. The Labute approximate surface area is 246 Å². The van der Waals surface area contributed by atoms with Gasteiger partial charge in [-0.25, -0.2) is 20.0 Å². The average Bonchev–Trinajstić information content (AvgIpc) is 2.97. The predicted octanol–water partition coefficient (Wildman–Crippen LogP) is 6.03. The first-order valence-corrected chi connectivity index (χ1v) is 14.6. The van der Waals surface area contributed by atoms with E-state index in [0.29, 0.717) is 22.9 Å². The number of carboxylic acid groups (broad SMARTS) is 1. The van der Waals surface area contributed by atoms with Crippen LogP contribution in [0.2, 0.25) is 5.02 Å². The van der Waals surface area contributed by atoms with Crippen molar-refractivity contribution in [3.05, 3.63) is 70.7 Å². The van der Waals surface area contributed by atoms with Crippen molar-refractivity contribution in [1.82, 2.24) is 15.8 Å². The molecule has 0 heterocycles. The van der Waals surface area contributed by atoms with Gasteiger partial charge < -0.3 is 15.2 Å². The van der Waals surface area contributed by atoms with Crippen LogP contribution in [-0.2, 0) is 25.7 Å². The van der Waals surface area contributed by atoms with Crippen LogP contribution < -0.4 is 10.7 Å². The summed E-state index contributed by atoms with van der Waals surface area (Å²) in [5.41, 5.74) is 3.90. The Bertz CT molecular complexity index is 1170. The number of amides is 3. The molecule has 1 fully saturated rings. The van der Waals surface area contributed by atoms with Crippen molar-refractivity contribution in [2.24, 2.45) is 11.8 Å². The highest BCUT2D eigenvalue weighted by Crippen LogP contribution is 2.28. The van der Waals surface area contributed by atoms with Crippen LogP contribution in [0.3, 0.4) is 0 Å². The molecule has 2 aromatic carbocycles. The van der Waals surface area contributed by atoms with Crippen LogP contribution in [0.25, 0.3) is 0 Å². The van der Waals surface area contributed by atoms with Gasteiger partial charge in [0, 0.05) is 17.4 Å². The quantitative estimate of drug-likeness (QED) is 0.261. The Balaban J connectivity index is 1.69. The van der Waals surface area contributed by atoms with Gasteiger partial charge in [0.2, 0.25) is 11.8 Å². The molecule has 0 radical (unpaired) electrons. The summed E-state index contributed by atoms with van der Waals surface area (Å²) >= 11 is 5.99. The molecular weight excluding hydrogens is 546 g/mol. The number of hydrogen-bond donors (Lipinski definition) is 3. The lowest BCUT2D eigenvalue weighted by Crippen LogP contribution is -2.56. The van der Waals surface area contributed by atoms with Crippen molar-refractivity contribution in [3.63, 3.8) is 0 Å². The first kappa shape index (κ1) is 31.9. The van der Waals surface area contributed by atoms with E-state index in [2.05, 4.69) is 10.7 Å². The molecule has 2 aromatic rings. The van der Waals surface area contributed by atoms with E-state index in [1.54, 1.807) is 31.2 Å². The van der Waals surface area contributed by atoms with E-state index in [1.165, 1.54) is 6.42 Å². The molecule has 3 atom stereocenters. The number of aliphatic carboxylic acids is 1. The molecule has 0 spiro atoms. The lowest BCUT2D eigenvalue weighted by molar-refractivity contribution is -0.154. The number of hydrogen-bond acceptors (Lipinski definition) is 5. The number of hydrazine groups is 1. The lowest BCUT2D eigenvalue weighted by atomic mass is 9.86. The minimum Gasteiger partial charge on any atom is -0.480 e. The van der Waals surface area contributed by atoms with Gasteiger partial charge in [-0.05, 0) is 48.9 Å². The zero-order valence-corrected chi connectivity index (χ0v) is 24.4. The maximum absolute atomic E-state index is 13.4. The summed E-state index contributed by atoms with van der Waals surface area (Å²) in [4.78, 5) is 51.5. The number of carboxylic acids is 1. The van der Waals surface area contributed by atoms with Crippen LogP contribution in [0.5, 0.6) is 0 Å². The third-order valence-corrected chi connectivity index (χ3v) is 7.75. The smallest absolute Gasteiger partial charge is 0.426 e. The normalized spacial score (nSPS) is 15.7. The van der Waals surface area contributed by atoms with Gasteiger partial charge in [0.1, 0.15) is 6.61 Å². The SMILES string of the molecule is CC(C[C@@H](C(=O)O)N(NC(=O)OCc1cccc(Cl)c1)C(=O)CCC1CCCCC1)C(=O)NC(C)c1ccccc1. The number of nitrogens with one attached hydrogen (secondary N) is 2. The minimum atomic E-state index is -1.47. The van der Waals surface area contributed by atoms with Gasteiger partial charge >= 0.3 is 12.1 Å². The molecule has 0 bridgehead atoms. The van der Waals surface area contributed by atoms with Crippen molar-refractivity contribution in [1.29, 1.82) is 0 Å². The van der Waals surface area contributed by atoms with E-state index in [9.17, 15) is 24.3 Å². The molecule has 9 nitrogen and oxygen atoms in total. The largest absolute Gasteiger partial charge is 0.480 e. The maximum atomic E-state index is 13.4. The molecule has 3 N–H and O–H groups in total. The zero-order valence-electron chi connectivity index (χ0n) is 23.7. The highest BCUT2D eigenvalue weighted by molar-refractivity contribution is 6.30. The Morgan fingerprint density at radius 2 is 1.73 bits per heavy atom. The molecule has 0 aromatic heterocycles. The number of carbonyl (C=O) groups is 4. The second kappa shape index (κ2) is 16.0. The topological polar surface area (TPSA) is 125 Å². The van der Waals surface area contributed by atoms with E-state index in [0.717, 1.165) is 36.3 Å². The molecule has 2 unspecified atom stereocenters. The lowest BCUT2D eigenvalue weighted by Gasteiger charge is -2.31. The van der Waals surface area contributed by atoms with Crippen LogP contribution in [0.1, 0.15) is 82.4 Å². The van der Waals surface area contributed by atoms with E-state index < -0.39 is 29.9 Å². The van der Waals surface area contributed by atoms with Gasteiger partial charge in [-0.3, -0.25) is 9.59 Å². The average molecular weight is 586 g/mol. The van der Waals surface area contributed by atoms with Gasteiger partial charge in [0.25, 0.3) is 0 Å². The van der Waals surface area contributed by atoms with Gasteiger partial charge in [0.15, 0.2) is 6.04 Å². The summed E-state index contributed by atoms with van der Waals surface area (Å²) in [6.45, 7) is 3.32. The Morgan fingerprint density at radius 3 is 2.39 bits per heavy atom. The number of benzene rings is 2. The van der Waals surface area contributed by atoms with E-state index >= 15 is 0 Å². The summed E-state index contributed by atoms with van der Waals surface area (Å²) in [6.07, 6.45) is 4.97. The molecule has 0 saturated heterocycles. The summed E-state index contributed by atoms with van der Waals surface area (Å²) in [5.74, 6) is -2.60. The molecule has 10 heteroatoms. The van der Waals surface area contributed by atoms with Gasteiger partial charge in [0.05, 0.1) is 6.04 Å². The number of carbonyl (C=O) groups excluding carboxylic acids is 3. The first-order valence-electron chi connectivity index (χ1n) is 14.2. The van der Waals surface area contributed by atoms with E-state index in [1.807, 2.05) is 37.3 Å². The van der Waals surface area contributed by atoms with Crippen molar-refractivity contribution in [3.8, 4) is 0 Å². The number of rotatable bonds is 12. The van der Waals surface area contributed by atoms with Crippen LogP contribution in [0.4, 0.5) is 4.79 Å². The molecule has 0 aliphatic heterocycles. The fourth-order valence-corrected chi connectivity index (χ4v) is 5.30. The molecule has 222 valence electrons. The molecule has 1 aliphatic rings. The highest BCUT2D eigenvalue weighted by atomic mass is 35.5. The van der Waals surface area contributed by atoms with Crippen molar-refractivity contribution >= 4 is 35.5 Å². The third kappa shape index (κ3) is 10.4. The van der Waals surface area contributed by atoms with Crippen LogP contribution in [0, 0.1) is 11.8 Å². The van der Waals surface area contributed by atoms with Crippen LogP contribution in [-0.4, -0.2) is 40.0 Å². The first-order chi connectivity index (χ1) is 19.6. The van der Waals surface area contributed by atoms with E-state index in [-0.39, 0.29) is 31.4 Å². The Hall–Kier alpha value is -3.59. The summed E-state index contributed by atoms with van der Waals surface area (Å²) in [6, 6.07) is 14.4. The minimum absolute atomic E-state index is 0.0780. The van der Waals surface area contributed by atoms with Crippen molar-refractivity contribution in [2.75, 3.05) is 0 Å². The van der Waals surface area contributed by atoms with Crippen molar-refractivity contribution < 1.29 is 29.0 Å². The Morgan fingerprint density at radius 1 is 1.02 bits per heavy atom. The van der Waals surface area contributed by atoms with Crippen LogP contribution >= 0.6 is 11.6 Å². The fourth-order valence-electron chi connectivity index (χ4n) is 5.08. The van der Waals surface area contributed by atoms with Gasteiger partial charge in [-0.2, -0.15) is 0 Å². The predicted molar refractivity (Wildman–Crippen MR) is 156 cm³/mol. The summed E-state index contributed by atoms with van der Waals surface area (Å²) in [5, 5.41) is 14.3. The molecule has 3 amide bonds. The molecule has 1 aliphatic carbocycles. The number of ether oxygens (including phenoxy) is 1. The second-order valence-corrected chi connectivity index (χ2v) is 11.2. The highest BCUT2D eigenvalue weighted by Gasteiger charge is 2.35.